The number of primary amides is 1. The Morgan fingerprint density at radius 3 is 2.82 bits per heavy atom. The monoisotopic (exact) mass is 289 g/mol. The number of carbonyl (C=O) groups is 1. The summed E-state index contributed by atoms with van der Waals surface area (Å²) in [5.74, 6) is -0.412. The van der Waals surface area contributed by atoms with Crippen LogP contribution >= 0.6 is 0 Å². The van der Waals surface area contributed by atoms with Crippen molar-refractivity contribution in [3.63, 3.8) is 0 Å². The highest BCUT2D eigenvalue weighted by molar-refractivity contribution is 5.95. The van der Waals surface area contributed by atoms with Crippen LogP contribution in [0.3, 0.4) is 0 Å². The molecule has 1 amide bonds. The molecule has 4 rings (SSSR count). The number of rotatable bonds is 1. The van der Waals surface area contributed by atoms with Crippen molar-refractivity contribution in [2.45, 2.75) is 0 Å². The van der Waals surface area contributed by atoms with E-state index < -0.39 is 5.91 Å². The van der Waals surface area contributed by atoms with Crippen LogP contribution in [0.1, 0.15) is 5.56 Å². The van der Waals surface area contributed by atoms with E-state index in [1.807, 2.05) is 29.2 Å². The summed E-state index contributed by atoms with van der Waals surface area (Å²) in [7, 11) is 0. The Bertz CT molecular complexity index is 811. The van der Waals surface area contributed by atoms with Gasteiger partial charge < -0.3 is 15.5 Å². The molecule has 0 saturated carbocycles. The van der Waals surface area contributed by atoms with Crippen LogP contribution in [0.4, 0.5) is 5.69 Å². The number of para-hydroxylation sites is 1. The van der Waals surface area contributed by atoms with Crippen molar-refractivity contribution in [1.82, 2.24) is 4.90 Å². The highest BCUT2D eigenvalue weighted by atomic mass is 16.1. The number of amides is 1. The molecule has 4 nitrogen and oxygen atoms in total. The topological polar surface area (TPSA) is 49.6 Å². The molecule has 22 heavy (non-hydrogen) atoms. The Balaban J connectivity index is 1.84. The van der Waals surface area contributed by atoms with Crippen LogP contribution in [-0.2, 0) is 4.79 Å². The first-order valence-corrected chi connectivity index (χ1v) is 7.16. The van der Waals surface area contributed by atoms with Gasteiger partial charge in [0, 0.05) is 23.8 Å². The molecule has 0 saturated heterocycles. The van der Waals surface area contributed by atoms with Gasteiger partial charge in [-0.2, -0.15) is 0 Å². The molecule has 0 spiro atoms. The largest absolute Gasteiger partial charge is 0.366 e. The van der Waals surface area contributed by atoms with Gasteiger partial charge in [-0.05, 0) is 29.9 Å². The zero-order valence-corrected chi connectivity index (χ0v) is 11.9. The lowest BCUT2D eigenvalue weighted by Crippen LogP contribution is -2.35. The fraction of sp³-hybridized carbons (Fsp3) is 0.0556. The SMILES string of the molecule is NC(=O)C1=CN2C(=CN3C/C2=C\C=C/c2ccccc23)C=C1. The molecule has 2 N–H and O–H groups in total. The number of anilines is 1. The number of nitrogens with two attached hydrogens (primary N) is 1. The molecule has 0 fully saturated rings. The molecule has 1 aromatic carbocycles. The standard InChI is InChI=1S/C18H15N3O/c19-18(22)14-8-9-16-12-20-11-15(21(16)10-14)6-3-5-13-4-1-2-7-17(13)20/h1-10,12H,11H2,(H2,19,22)/b5-3-,15-6+. The summed E-state index contributed by atoms with van der Waals surface area (Å²) in [6.07, 6.45) is 13.8. The average Bonchev–Trinajstić information content (AvgIpc) is 2.53. The molecule has 3 aliphatic heterocycles. The van der Waals surface area contributed by atoms with Crippen molar-refractivity contribution in [2.24, 2.45) is 5.73 Å². The second kappa shape index (κ2) is 4.77. The van der Waals surface area contributed by atoms with Crippen molar-refractivity contribution in [2.75, 3.05) is 11.4 Å². The molecule has 108 valence electrons. The highest BCUT2D eigenvalue weighted by Crippen LogP contribution is 2.33. The first kappa shape index (κ1) is 12.7. The predicted molar refractivity (Wildman–Crippen MR) is 87.2 cm³/mol. The third kappa shape index (κ3) is 1.97. The van der Waals surface area contributed by atoms with Crippen molar-refractivity contribution < 1.29 is 4.79 Å². The summed E-state index contributed by atoms with van der Waals surface area (Å²) in [5.41, 5.74) is 10.4. The quantitative estimate of drug-likeness (QED) is 0.864. The molecule has 3 aliphatic rings. The first-order chi connectivity index (χ1) is 10.7. The maximum absolute atomic E-state index is 11.4. The number of carbonyl (C=O) groups excluding carboxylic acids is 1. The fourth-order valence-electron chi connectivity index (χ4n) is 2.91. The van der Waals surface area contributed by atoms with Gasteiger partial charge in [0.2, 0.25) is 5.91 Å². The van der Waals surface area contributed by atoms with Crippen molar-refractivity contribution >= 4 is 17.7 Å². The predicted octanol–water partition coefficient (Wildman–Crippen LogP) is 2.50. The number of fused-ring (bicyclic) bond motifs is 6. The summed E-state index contributed by atoms with van der Waals surface area (Å²) in [6.45, 7) is 0.751. The minimum Gasteiger partial charge on any atom is -0.366 e. The maximum atomic E-state index is 11.4. The Morgan fingerprint density at radius 2 is 1.95 bits per heavy atom. The Morgan fingerprint density at radius 1 is 1.09 bits per heavy atom. The lowest BCUT2D eigenvalue weighted by Gasteiger charge is -2.38. The van der Waals surface area contributed by atoms with E-state index in [0.29, 0.717) is 5.57 Å². The second-order valence-corrected chi connectivity index (χ2v) is 5.41. The fourth-order valence-corrected chi connectivity index (χ4v) is 2.91. The van der Waals surface area contributed by atoms with Gasteiger partial charge in [0.15, 0.2) is 0 Å². The summed E-state index contributed by atoms with van der Waals surface area (Å²) < 4.78 is 0. The van der Waals surface area contributed by atoms with E-state index in [1.54, 1.807) is 12.3 Å². The molecule has 3 heterocycles. The molecule has 2 bridgehead atoms. The Kier molecular flexibility index (Phi) is 2.76. The molecule has 4 heteroatoms. The van der Waals surface area contributed by atoms with Crippen molar-refractivity contribution in [3.05, 3.63) is 83.5 Å². The minimum atomic E-state index is -0.412. The van der Waals surface area contributed by atoms with E-state index in [9.17, 15) is 4.79 Å². The summed E-state index contributed by atoms with van der Waals surface area (Å²) in [6, 6.07) is 8.31. The Labute approximate surface area is 128 Å². The molecule has 0 atom stereocenters. The molecular formula is C18H15N3O. The van der Waals surface area contributed by atoms with Crippen molar-refractivity contribution in [3.8, 4) is 0 Å². The van der Waals surface area contributed by atoms with Gasteiger partial charge in [0.1, 0.15) is 0 Å². The lowest BCUT2D eigenvalue weighted by molar-refractivity contribution is -0.114. The normalized spacial score (nSPS) is 22.3. The van der Waals surface area contributed by atoms with Gasteiger partial charge in [0.25, 0.3) is 0 Å². The van der Waals surface area contributed by atoms with Gasteiger partial charge in [-0.15, -0.1) is 0 Å². The lowest BCUT2D eigenvalue weighted by atomic mass is 10.0. The van der Waals surface area contributed by atoms with Crippen LogP contribution in [0.25, 0.3) is 6.08 Å². The second-order valence-electron chi connectivity index (χ2n) is 5.41. The van der Waals surface area contributed by atoms with Gasteiger partial charge in [0.05, 0.1) is 17.8 Å². The van der Waals surface area contributed by atoms with Crippen LogP contribution in [0, 0.1) is 0 Å². The van der Waals surface area contributed by atoms with Crippen LogP contribution < -0.4 is 10.6 Å². The third-order valence-electron chi connectivity index (χ3n) is 4.00. The van der Waals surface area contributed by atoms with Crippen LogP contribution in [0.2, 0.25) is 0 Å². The molecule has 0 unspecified atom stereocenters. The van der Waals surface area contributed by atoms with E-state index in [2.05, 4.69) is 35.4 Å². The van der Waals surface area contributed by atoms with Gasteiger partial charge in [-0.25, -0.2) is 0 Å². The van der Waals surface area contributed by atoms with Gasteiger partial charge in [-0.1, -0.05) is 30.4 Å². The van der Waals surface area contributed by atoms with Crippen LogP contribution in [-0.4, -0.2) is 17.4 Å². The molecule has 0 aromatic heterocycles. The number of hydrogen-bond acceptors (Lipinski definition) is 3. The molecular weight excluding hydrogens is 274 g/mol. The number of allylic oxidation sites excluding steroid dienone is 3. The van der Waals surface area contributed by atoms with Gasteiger partial charge >= 0.3 is 0 Å². The van der Waals surface area contributed by atoms with E-state index in [0.717, 1.165) is 17.9 Å². The maximum Gasteiger partial charge on any atom is 0.250 e. The molecule has 0 aliphatic carbocycles. The minimum absolute atomic E-state index is 0.412. The van der Waals surface area contributed by atoms with E-state index in [1.165, 1.54) is 11.3 Å². The van der Waals surface area contributed by atoms with E-state index in [4.69, 9.17) is 5.73 Å². The van der Waals surface area contributed by atoms with Crippen LogP contribution in [0.15, 0.2) is 77.9 Å². The first-order valence-electron chi connectivity index (χ1n) is 7.16. The summed E-state index contributed by atoms with van der Waals surface area (Å²) >= 11 is 0. The highest BCUT2D eigenvalue weighted by Gasteiger charge is 2.25. The summed E-state index contributed by atoms with van der Waals surface area (Å²) in [4.78, 5) is 15.7. The number of hydrogen-bond donors (Lipinski definition) is 1. The van der Waals surface area contributed by atoms with Crippen LogP contribution in [0.5, 0.6) is 0 Å². The van der Waals surface area contributed by atoms with E-state index >= 15 is 0 Å². The Hall–Kier alpha value is -3.01. The number of benzene rings is 1. The summed E-state index contributed by atoms with van der Waals surface area (Å²) in [5, 5.41) is 0. The molecule has 1 aromatic rings. The molecule has 0 radical (unpaired) electrons. The van der Waals surface area contributed by atoms with E-state index in [-0.39, 0.29) is 0 Å². The van der Waals surface area contributed by atoms with Crippen molar-refractivity contribution in [1.29, 1.82) is 0 Å². The van der Waals surface area contributed by atoms with Gasteiger partial charge in [-0.3, -0.25) is 4.79 Å². The zero-order valence-electron chi connectivity index (χ0n) is 11.9. The average molecular weight is 289 g/mol. The number of nitrogens with zero attached hydrogens (tertiary/aromatic N) is 2. The smallest absolute Gasteiger partial charge is 0.250 e. The third-order valence-corrected chi connectivity index (χ3v) is 4.00. The zero-order chi connectivity index (χ0) is 15.1.